The number of nitrogens with zero attached hydrogens (tertiary/aromatic N) is 2. The van der Waals surface area contributed by atoms with E-state index in [1.165, 1.54) is 6.92 Å². The molecule has 0 aliphatic rings. The maximum atomic E-state index is 11.1. The molecule has 2 rings (SSSR count). The SMILES string of the molecule is CC(=O)Nc1ccsc1CNC(C)Cn1cccn1. The predicted octanol–water partition coefficient (Wildman–Crippen LogP) is 2.08. The van der Waals surface area contributed by atoms with Crippen LogP contribution in [0.5, 0.6) is 0 Å². The molecule has 1 amide bonds. The summed E-state index contributed by atoms with van der Waals surface area (Å²) in [5.74, 6) is -0.0377. The van der Waals surface area contributed by atoms with E-state index in [1.54, 1.807) is 17.5 Å². The van der Waals surface area contributed by atoms with Crippen molar-refractivity contribution in [1.29, 1.82) is 0 Å². The molecule has 1 atom stereocenters. The Kier molecular flexibility index (Phi) is 4.70. The lowest BCUT2D eigenvalue weighted by Crippen LogP contribution is -2.30. The highest BCUT2D eigenvalue weighted by molar-refractivity contribution is 7.10. The summed E-state index contributed by atoms with van der Waals surface area (Å²) in [6.07, 6.45) is 3.73. The van der Waals surface area contributed by atoms with Crippen molar-refractivity contribution in [2.45, 2.75) is 33.0 Å². The third kappa shape index (κ3) is 4.18. The lowest BCUT2D eigenvalue weighted by Gasteiger charge is -2.14. The zero-order chi connectivity index (χ0) is 13.7. The number of hydrogen-bond acceptors (Lipinski definition) is 4. The van der Waals surface area contributed by atoms with Gasteiger partial charge in [-0.25, -0.2) is 0 Å². The summed E-state index contributed by atoms with van der Waals surface area (Å²) < 4.78 is 1.90. The molecule has 19 heavy (non-hydrogen) atoms. The summed E-state index contributed by atoms with van der Waals surface area (Å²) in [6.45, 7) is 5.21. The molecule has 0 aromatic carbocycles. The first kappa shape index (κ1) is 13.8. The van der Waals surface area contributed by atoms with E-state index in [4.69, 9.17) is 0 Å². The quantitative estimate of drug-likeness (QED) is 0.850. The topological polar surface area (TPSA) is 59.0 Å². The number of hydrogen-bond donors (Lipinski definition) is 2. The minimum atomic E-state index is -0.0377. The molecule has 0 saturated heterocycles. The summed E-state index contributed by atoms with van der Waals surface area (Å²) in [4.78, 5) is 12.2. The van der Waals surface area contributed by atoms with Crippen LogP contribution in [0.1, 0.15) is 18.7 Å². The number of rotatable bonds is 6. The Morgan fingerprint density at radius 2 is 2.42 bits per heavy atom. The molecule has 0 bridgehead atoms. The third-order valence-corrected chi connectivity index (χ3v) is 3.61. The molecule has 2 N–H and O–H groups in total. The zero-order valence-electron chi connectivity index (χ0n) is 11.1. The number of aromatic nitrogens is 2. The van der Waals surface area contributed by atoms with Gasteiger partial charge in [0.1, 0.15) is 0 Å². The molecule has 2 aromatic heterocycles. The predicted molar refractivity (Wildman–Crippen MR) is 77.2 cm³/mol. The van der Waals surface area contributed by atoms with E-state index in [0.29, 0.717) is 6.04 Å². The third-order valence-electron chi connectivity index (χ3n) is 2.69. The van der Waals surface area contributed by atoms with E-state index in [2.05, 4.69) is 22.7 Å². The van der Waals surface area contributed by atoms with Gasteiger partial charge in [0.2, 0.25) is 5.91 Å². The van der Waals surface area contributed by atoms with E-state index in [1.807, 2.05) is 28.4 Å². The van der Waals surface area contributed by atoms with Crippen LogP contribution in [0.3, 0.4) is 0 Å². The van der Waals surface area contributed by atoms with Gasteiger partial charge in [0.25, 0.3) is 0 Å². The van der Waals surface area contributed by atoms with Gasteiger partial charge in [0.05, 0.1) is 12.2 Å². The summed E-state index contributed by atoms with van der Waals surface area (Å²) >= 11 is 1.64. The standard InChI is InChI=1S/C13H18N4OS/c1-10(9-17-6-3-5-15-17)14-8-13-12(4-7-19-13)16-11(2)18/h3-7,10,14H,8-9H2,1-2H3,(H,16,18). The second kappa shape index (κ2) is 6.49. The Balaban J connectivity index is 1.84. The molecule has 0 radical (unpaired) electrons. The molecule has 0 aliphatic carbocycles. The second-order valence-corrected chi connectivity index (χ2v) is 5.45. The van der Waals surface area contributed by atoms with Gasteiger partial charge in [-0.15, -0.1) is 11.3 Å². The van der Waals surface area contributed by atoms with Gasteiger partial charge in [-0.1, -0.05) is 0 Å². The largest absolute Gasteiger partial charge is 0.325 e. The average molecular weight is 278 g/mol. The molecule has 0 aliphatic heterocycles. The smallest absolute Gasteiger partial charge is 0.221 e. The fourth-order valence-corrected chi connectivity index (χ4v) is 2.58. The van der Waals surface area contributed by atoms with E-state index < -0.39 is 0 Å². The molecular weight excluding hydrogens is 260 g/mol. The van der Waals surface area contributed by atoms with Crippen LogP contribution in [0.2, 0.25) is 0 Å². The van der Waals surface area contributed by atoms with Crippen molar-refractivity contribution in [2.75, 3.05) is 5.32 Å². The molecule has 1 unspecified atom stereocenters. The molecule has 0 saturated carbocycles. The van der Waals surface area contributed by atoms with Crippen LogP contribution in [0.15, 0.2) is 29.9 Å². The van der Waals surface area contributed by atoms with Crippen LogP contribution in [0.25, 0.3) is 0 Å². The van der Waals surface area contributed by atoms with Crippen molar-refractivity contribution >= 4 is 22.9 Å². The molecular formula is C13H18N4OS. The average Bonchev–Trinajstić information content (AvgIpc) is 2.97. The van der Waals surface area contributed by atoms with Crippen molar-refractivity contribution in [2.24, 2.45) is 0 Å². The first-order valence-corrected chi connectivity index (χ1v) is 7.08. The van der Waals surface area contributed by atoms with Crippen LogP contribution in [0, 0.1) is 0 Å². The lowest BCUT2D eigenvalue weighted by molar-refractivity contribution is -0.114. The first-order chi connectivity index (χ1) is 9.15. The van der Waals surface area contributed by atoms with Crippen molar-refractivity contribution < 1.29 is 4.79 Å². The van der Waals surface area contributed by atoms with E-state index in [9.17, 15) is 4.79 Å². The van der Waals surface area contributed by atoms with Crippen molar-refractivity contribution in [3.05, 3.63) is 34.8 Å². The molecule has 0 spiro atoms. The highest BCUT2D eigenvalue weighted by Gasteiger charge is 2.08. The summed E-state index contributed by atoms with van der Waals surface area (Å²) in [5, 5.41) is 12.4. The maximum absolute atomic E-state index is 11.1. The normalized spacial score (nSPS) is 12.3. The Labute approximate surface area is 116 Å². The van der Waals surface area contributed by atoms with Crippen molar-refractivity contribution in [3.8, 4) is 0 Å². The number of carbonyl (C=O) groups excluding carboxylic acids is 1. The second-order valence-electron chi connectivity index (χ2n) is 4.45. The Bertz CT molecular complexity index is 520. The van der Waals surface area contributed by atoms with Crippen LogP contribution in [-0.4, -0.2) is 21.7 Å². The molecule has 2 aromatic rings. The fourth-order valence-electron chi connectivity index (χ4n) is 1.80. The number of anilines is 1. The van der Waals surface area contributed by atoms with Gasteiger partial charge < -0.3 is 10.6 Å². The lowest BCUT2D eigenvalue weighted by atomic mass is 10.3. The fraction of sp³-hybridized carbons (Fsp3) is 0.385. The Hall–Kier alpha value is -1.66. The van der Waals surface area contributed by atoms with Crippen molar-refractivity contribution in [3.63, 3.8) is 0 Å². The van der Waals surface area contributed by atoms with Gasteiger partial charge in [0, 0.05) is 36.8 Å². The molecule has 0 fully saturated rings. The van der Waals surface area contributed by atoms with Crippen LogP contribution in [0.4, 0.5) is 5.69 Å². The molecule has 5 nitrogen and oxygen atoms in total. The van der Waals surface area contributed by atoms with Crippen LogP contribution >= 0.6 is 11.3 Å². The van der Waals surface area contributed by atoms with E-state index in [0.717, 1.165) is 23.7 Å². The minimum absolute atomic E-state index is 0.0377. The highest BCUT2D eigenvalue weighted by atomic mass is 32.1. The number of nitrogens with one attached hydrogen (secondary N) is 2. The molecule has 6 heteroatoms. The molecule has 102 valence electrons. The number of carbonyl (C=O) groups is 1. The highest BCUT2D eigenvalue weighted by Crippen LogP contribution is 2.22. The molecule has 2 heterocycles. The summed E-state index contributed by atoms with van der Waals surface area (Å²) in [6, 6.07) is 4.16. The Morgan fingerprint density at radius 3 is 3.11 bits per heavy atom. The summed E-state index contributed by atoms with van der Waals surface area (Å²) in [7, 11) is 0. The van der Waals surface area contributed by atoms with Gasteiger partial charge >= 0.3 is 0 Å². The number of thiophene rings is 1. The Morgan fingerprint density at radius 1 is 1.58 bits per heavy atom. The first-order valence-electron chi connectivity index (χ1n) is 6.20. The van der Waals surface area contributed by atoms with Crippen molar-refractivity contribution in [1.82, 2.24) is 15.1 Å². The summed E-state index contributed by atoms with van der Waals surface area (Å²) in [5.41, 5.74) is 0.899. The zero-order valence-corrected chi connectivity index (χ0v) is 11.9. The van der Waals surface area contributed by atoms with Gasteiger partial charge in [0.15, 0.2) is 0 Å². The maximum Gasteiger partial charge on any atom is 0.221 e. The van der Waals surface area contributed by atoms with Crippen LogP contribution < -0.4 is 10.6 Å². The van der Waals surface area contributed by atoms with E-state index >= 15 is 0 Å². The minimum Gasteiger partial charge on any atom is -0.325 e. The monoisotopic (exact) mass is 278 g/mol. The van der Waals surface area contributed by atoms with Gasteiger partial charge in [-0.3, -0.25) is 9.48 Å². The van der Waals surface area contributed by atoms with Gasteiger partial charge in [-0.05, 0) is 24.4 Å². The number of amides is 1. The van der Waals surface area contributed by atoms with Crippen LogP contribution in [-0.2, 0) is 17.9 Å². The van der Waals surface area contributed by atoms with E-state index in [-0.39, 0.29) is 5.91 Å². The van der Waals surface area contributed by atoms with Gasteiger partial charge in [-0.2, -0.15) is 5.10 Å².